The van der Waals surface area contributed by atoms with Crippen molar-refractivity contribution in [2.45, 2.75) is 12.3 Å². The van der Waals surface area contributed by atoms with Crippen molar-refractivity contribution in [2.24, 2.45) is 0 Å². The zero-order valence-corrected chi connectivity index (χ0v) is 22.6. The summed E-state index contributed by atoms with van der Waals surface area (Å²) in [7, 11) is -4.46. The Bertz CT molecular complexity index is 1700. The minimum Gasteiger partial charge on any atom is -0.414 e. The smallest absolute Gasteiger partial charge is 0.414 e. The van der Waals surface area contributed by atoms with Crippen molar-refractivity contribution in [3.8, 4) is 11.5 Å². The van der Waals surface area contributed by atoms with Gasteiger partial charge in [0.2, 0.25) is 11.8 Å². The number of rotatable bonds is 12. The molecule has 2 amide bonds. The molecule has 1 unspecified atom stereocenters. The van der Waals surface area contributed by atoms with Crippen LogP contribution in [0, 0.1) is 10.1 Å². The molecular weight excluding hydrogens is 569 g/mol. The molecule has 0 spiro atoms. The lowest BCUT2D eigenvalue weighted by atomic mass is 10.2. The van der Waals surface area contributed by atoms with E-state index in [0.29, 0.717) is 0 Å². The lowest BCUT2D eigenvalue weighted by Gasteiger charge is -2.28. The fraction of sp³-hybridized carbons (Fsp3) is 0.111. The van der Waals surface area contributed by atoms with Crippen molar-refractivity contribution >= 4 is 25.1 Å². The number of benzene rings is 3. The van der Waals surface area contributed by atoms with Gasteiger partial charge in [-0.05, 0) is 29.8 Å². The lowest BCUT2D eigenvalue weighted by molar-refractivity contribution is -0.384. The molecule has 3 N–H and O–H groups in total. The van der Waals surface area contributed by atoms with Crippen molar-refractivity contribution in [1.82, 2.24) is 20.2 Å². The Labute approximate surface area is 237 Å². The third-order valence-electron chi connectivity index (χ3n) is 5.62. The third-order valence-corrected chi connectivity index (χ3v) is 7.61. The SMILES string of the molecule is O=C(Cn1ccc(=O)[nH]c1=O)NCC(=O)NC(c1cccc([N+](=O)[O-])c1)P(=O)(Oc1ccccc1)Oc1ccccc1. The summed E-state index contributed by atoms with van der Waals surface area (Å²) in [5, 5.41) is 16.3. The summed E-state index contributed by atoms with van der Waals surface area (Å²) in [6.07, 6.45) is 1.12. The van der Waals surface area contributed by atoms with Gasteiger partial charge in [-0.1, -0.05) is 48.5 Å². The molecule has 0 aliphatic carbocycles. The second-order valence-electron chi connectivity index (χ2n) is 8.69. The van der Waals surface area contributed by atoms with Gasteiger partial charge in [-0.15, -0.1) is 0 Å². The van der Waals surface area contributed by atoms with E-state index in [9.17, 15) is 33.9 Å². The quantitative estimate of drug-likeness (QED) is 0.126. The van der Waals surface area contributed by atoms with E-state index in [0.717, 1.165) is 22.9 Å². The van der Waals surface area contributed by atoms with Crippen LogP contribution in [-0.4, -0.2) is 32.8 Å². The Kier molecular flexibility index (Phi) is 9.30. The largest absolute Gasteiger partial charge is 0.457 e. The minimum absolute atomic E-state index is 0.0406. The first-order valence-electron chi connectivity index (χ1n) is 12.3. The van der Waals surface area contributed by atoms with E-state index >= 15 is 0 Å². The lowest BCUT2D eigenvalue weighted by Crippen LogP contribution is -2.41. The molecule has 0 aliphatic heterocycles. The Morgan fingerprint density at radius 2 is 1.52 bits per heavy atom. The first kappa shape index (κ1) is 29.5. The first-order chi connectivity index (χ1) is 20.1. The standard InChI is InChI=1S/C27H24N5O9P/c33-23-14-15-31(27(36)30-23)18-25(35)28-17-24(34)29-26(19-8-7-9-20(16-19)32(37)38)42(39,40-21-10-3-1-4-11-21)41-22-12-5-2-6-13-22/h1-16,26H,17-18H2,(H,28,35)(H,29,34)(H,30,33,36). The number of carbonyl (C=O) groups is 2. The maximum Gasteiger partial charge on any atom is 0.457 e. The van der Waals surface area contributed by atoms with Crippen LogP contribution < -0.4 is 30.9 Å². The zero-order valence-electron chi connectivity index (χ0n) is 21.7. The third kappa shape index (κ3) is 7.79. The normalized spacial score (nSPS) is 11.6. The van der Waals surface area contributed by atoms with Gasteiger partial charge < -0.3 is 19.7 Å². The molecule has 4 aromatic rings. The summed E-state index contributed by atoms with van der Waals surface area (Å²) in [5.41, 5.74) is -1.75. The van der Waals surface area contributed by atoms with E-state index in [1.165, 1.54) is 42.5 Å². The molecule has 0 bridgehead atoms. The summed E-state index contributed by atoms with van der Waals surface area (Å²) in [6, 6.07) is 22.2. The van der Waals surface area contributed by atoms with Crippen LogP contribution >= 0.6 is 7.60 Å². The fourth-order valence-electron chi connectivity index (χ4n) is 3.70. The molecular formula is C27H24N5O9P. The highest BCUT2D eigenvalue weighted by atomic mass is 31.2. The molecule has 1 heterocycles. The summed E-state index contributed by atoms with van der Waals surface area (Å²) in [6.45, 7) is -1.12. The van der Waals surface area contributed by atoms with Crippen molar-refractivity contribution in [1.29, 1.82) is 0 Å². The maximum atomic E-state index is 14.5. The van der Waals surface area contributed by atoms with Crippen LogP contribution in [0.25, 0.3) is 0 Å². The van der Waals surface area contributed by atoms with Gasteiger partial charge >= 0.3 is 13.3 Å². The molecule has 0 saturated carbocycles. The topological polar surface area (TPSA) is 192 Å². The van der Waals surface area contributed by atoms with E-state index in [2.05, 4.69) is 10.6 Å². The molecule has 42 heavy (non-hydrogen) atoms. The molecule has 1 aromatic heterocycles. The monoisotopic (exact) mass is 593 g/mol. The molecule has 0 saturated heterocycles. The molecule has 1 atom stereocenters. The van der Waals surface area contributed by atoms with E-state index in [1.807, 2.05) is 4.98 Å². The number of amides is 2. The van der Waals surface area contributed by atoms with Gasteiger partial charge in [-0.3, -0.25) is 34.0 Å². The van der Waals surface area contributed by atoms with Gasteiger partial charge in [0.25, 0.3) is 11.2 Å². The summed E-state index contributed by atoms with van der Waals surface area (Å²) in [4.78, 5) is 61.4. The highest BCUT2D eigenvalue weighted by molar-refractivity contribution is 7.55. The summed E-state index contributed by atoms with van der Waals surface area (Å²) < 4.78 is 27.1. The highest BCUT2D eigenvalue weighted by Crippen LogP contribution is 2.59. The Morgan fingerprint density at radius 3 is 2.10 bits per heavy atom. The number of non-ortho nitro benzene ring substituents is 1. The average molecular weight is 593 g/mol. The number of H-pyrrole nitrogens is 1. The number of aromatic amines is 1. The van der Waals surface area contributed by atoms with Crippen LogP contribution in [0.3, 0.4) is 0 Å². The second kappa shape index (κ2) is 13.2. The van der Waals surface area contributed by atoms with E-state index in [-0.39, 0.29) is 22.7 Å². The molecule has 216 valence electrons. The van der Waals surface area contributed by atoms with Crippen molar-refractivity contribution in [2.75, 3.05) is 6.54 Å². The van der Waals surface area contributed by atoms with Crippen LogP contribution in [0.2, 0.25) is 0 Å². The maximum absolute atomic E-state index is 14.5. The predicted molar refractivity (Wildman–Crippen MR) is 150 cm³/mol. The number of nitro groups is 1. The van der Waals surface area contributed by atoms with Crippen LogP contribution in [-0.2, 0) is 20.7 Å². The Morgan fingerprint density at radius 1 is 0.905 bits per heavy atom. The molecule has 0 aliphatic rings. The van der Waals surface area contributed by atoms with E-state index < -0.39 is 54.5 Å². The van der Waals surface area contributed by atoms with Gasteiger partial charge in [-0.25, -0.2) is 9.36 Å². The second-order valence-corrected chi connectivity index (χ2v) is 10.6. The summed E-state index contributed by atoms with van der Waals surface area (Å²) >= 11 is 0. The van der Waals surface area contributed by atoms with Crippen molar-refractivity contribution in [3.05, 3.63) is 134 Å². The van der Waals surface area contributed by atoms with Crippen LogP contribution in [0.5, 0.6) is 11.5 Å². The Balaban J connectivity index is 1.63. The molecule has 0 radical (unpaired) electrons. The molecule has 3 aromatic carbocycles. The van der Waals surface area contributed by atoms with E-state index in [4.69, 9.17) is 9.05 Å². The van der Waals surface area contributed by atoms with Crippen LogP contribution in [0.4, 0.5) is 5.69 Å². The first-order valence-corrected chi connectivity index (χ1v) is 13.9. The number of nitro benzene ring substituents is 1. The van der Waals surface area contributed by atoms with Gasteiger partial charge in [0.05, 0.1) is 11.5 Å². The van der Waals surface area contributed by atoms with Gasteiger partial charge in [-0.2, -0.15) is 0 Å². The number of hydrogen-bond acceptors (Lipinski definition) is 9. The fourth-order valence-corrected chi connectivity index (χ4v) is 5.60. The van der Waals surface area contributed by atoms with Gasteiger partial charge in [0, 0.05) is 24.4 Å². The van der Waals surface area contributed by atoms with Gasteiger partial charge in [0.1, 0.15) is 18.0 Å². The van der Waals surface area contributed by atoms with Crippen LogP contribution in [0.15, 0.2) is 107 Å². The number of carbonyl (C=O) groups excluding carboxylic acids is 2. The molecule has 0 fully saturated rings. The molecule has 15 heteroatoms. The van der Waals surface area contributed by atoms with Crippen LogP contribution in [0.1, 0.15) is 11.3 Å². The number of nitrogens with zero attached hydrogens (tertiary/aromatic N) is 2. The number of hydrogen-bond donors (Lipinski definition) is 3. The number of aromatic nitrogens is 2. The molecule has 14 nitrogen and oxygen atoms in total. The Hall–Kier alpha value is -5.49. The van der Waals surface area contributed by atoms with Gasteiger partial charge in [0.15, 0.2) is 5.78 Å². The van der Waals surface area contributed by atoms with E-state index in [1.54, 1.807) is 36.4 Å². The summed E-state index contributed by atoms with van der Waals surface area (Å²) in [5.74, 6) is -2.87. The van der Waals surface area contributed by atoms with Crippen molar-refractivity contribution < 1.29 is 28.1 Å². The highest BCUT2D eigenvalue weighted by Gasteiger charge is 2.42. The minimum atomic E-state index is -4.46. The van der Waals surface area contributed by atoms with Crippen molar-refractivity contribution in [3.63, 3.8) is 0 Å². The zero-order chi connectivity index (χ0) is 30.1. The predicted octanol–water partition coefficient (Wildman–Crippen LogP) is 2.73. The average Bonchev–Trinajstić information content (AvgIpc) is 2.97. The molecule has 4 rings (SSSR count). The number of nitrogens with one attached hydrogen (secondary N) is 3. The number of para-hydroxylation sites is 2.